The van der Waals surface area contributed by atoms with Gasteiger partial charge in [-0.25, -0.2) is 0 Å². The van der Waals surface area contributed by atoms with Crippen LogP contribution in [0, 0.1) is 17.3 Å². The van der Waals surface area contributed by atoms with Gasteiger partial charge in [0.05, 0.1) is 11.3 Å². The predicted octanol–water partition coefficient (Wildman–Crippen LogP) is 2.23. The topological polar surface area (TPSA) is 64.4 Å². The number of carbonyl (C=O) groups is 1. The number of nitrogens with two attached hydrogens (primary N) is 1. The molecule has 2 atom stereocenters. The lowest BCUT2D eigenvalue weighted by Gasteiger charge is -2.37. The van der Waals surface area contributed by atoms with E-state index in [1.54, 1.807) is 0 Å². The Morgan fingerprint density at radius 1 is 1.23 bits per heavy atom. The first-order chi connectivity index (χ1) is 10.4. The SMILES string of the molecule is NCC1(C(=O)NCC2CCCCC2C(F)(F)F)CCOCC1. The van der Waals surface area contributed by atoms with Crippen molar-refractivity contribution in [3.05, 3.63) is 0 Å². The van der Waals surface area contributed by atoms with Gasteiger partial charge in [0.2, 0.25) is 5.91 Å². The quantitative estimate of drug-likeness (QED) is 0.834. The lowest BCUT2D eigenvalue weighted by molar-refractivity contribution is -0.196. The van der Waals surface area contributed by atoms with Crippen molar-refractivity contribution in [1.29, 1.82) is 0 Å². The molecule has 0 aromatic heterocycles. The zero-order valence-corrected chi connectivity index (χ0v) is 12.8. The van der Waals surface area contributed by atoms with Crippen molar-refractivity contribution in [1.82, 2.24) is 5.32 Å². The molecule has 1 amide bonds. The largest absolute Gasteiger partial charge is 0.392 e. The van der Waals surface area contributed by atoms with E-state index in [1.807, 2.05) is 0 Å². The molecule has 2 unspecified atom stereocenters. The van der Waals surface area contributed by atoms with Crippen LogP contribution < -0.4 is 11.1 Å². The van der Waals surface area contributed by atoms with Crippen LogP contribution in [0.15, 0.2) is 0 Å². The van der Waals surface area contributed by atoms with Crippen LogP contribution in [0.4, 0.5) is 13.2 Å². The second-order valence-electron chi connectivity index (χ2n) is 6.50. The second-order valence-corrected chi connectivity index (χ2v) is 6.50. The number of hydrogen-bond acceptors (Lipinski definition) is 3. The highest BCUT2D eigenvalue weighted by Crippen LogP contribution is 2.41. The van der Waals surface area contributed by atoms with Gasteiger partial charge in [0.1, 0.15) is 0 Å². The molecular formula is C15H25F3N2O2. The van der Waals surface area contributed by atoms with E-state index in [2.05, 4.69) is 5.32 Å². The Kier molecular flexibility index (Phi) is 5.71. The van der Waals surface area contributed by atoms with E-state index in [4.69, 9.17) is 10.5 Å². The van der Waals surface area contributed by atoms with Gasteiger partial charge in [-0.05, 0) is 31.6 Å². The summed E-state index contributed by atoms with van der Waals surface area (Å²) in [6.07, 6.45) is -1.03. The van der Waals surface area contributed by atoms with Crippen molar-refractivity contribution in [3.8, 4) is 0 Å². The normalized spacial score (nSPS) is 29.1. The van der Waals surface area contributed by atoms with Crippen molar-refractivity contribution in [3.63, 3.8) is 0 Å². The Hall–Kier alpha value is -0.820. The Labute approximate surface area is 128 Å². The van der Waals surface area contributed by atoms with E-state index >= 15 is 0 Å². The predicted molar refractivity (Wildman–Crippen MR) is 76.1 cm³/mol. The lowest BCUT2D eigenvalue weighted by atomic mass is 9.77. The van der Waals surface area contributed by atoms with E-state index in [0.717, 1.165) is 6.42 Å². The van der Waals surface area contributed by atoms with Crippen LogP contribution in [0.1, 0.15) is 38.5 Å². The fourth-order valence-electron chi connectivity index (χ4n) is 3.58. The second kappa shape index (κ2) is 7.17. The van der Waals surface area contributed by atoms with Crippen molar-refractivity contribution in [2.45, 2.75) is 44.7 Å². The zero-order valence-electron chi connectivity index (χ0n) is 12.8. The van der Waals surface area contributed by atoms with Gasteiger partial charge in [-0.15, -0.1) is 0 Å². The van der Waals surface area contributed by atoms with Gasteiger partial charge in [0.25, 0.3) is 0 Å². The maximum absolute atomic E-state index is 13.1. The monoisotopic (exact) mass is 322 g/mol. The molecule has 2 aliphatic rings. The molecule has 2 rings (SSSR count). The number of nitrogens with one attached hydrogen (secondary N) is 1. The maximum atomic E-state index is 13.1. The number of amides is 1. The average molecular weight is 322 g/mol. The molecule has 128 valence electrons. The highest BCUT2D eigenvalue weighted by atomic mass is 19.4. The van der Waals surface area contributed by atoms with Crippen LogP contribution in [0.3, 0.4) is 0 Å². The van der Waals surface area contributed by atoms with Gasteiger partial charge >= 0.3 is 6.18 Å². The summed E-state index contributed by atoms with van der Waals surface area (Å²) in [6, 6.07) is 0. The molecule has 1 heterocycles. The first kappa shape index (κ1) is 17.5. The maximum Gasteiger partial charge on any atom is 0.392 e. The van der Waals surface area contributed by atoms with E-state index in [9.17, 15) is 18.0 Å². The van der Waals surface area contributed by atoms with Gasteiger partial charge < -0.3 is 15.8 Å². The zero-order chi connectivity index (χ0) is 16.2. The van der Waals surface area contributed by atoms with Gasteiger partial charge in [-0.1, -0.05) is 12.8 Å². The molecule has 1 saturated heterocycles. The molecule has 1 saturated carbocycles. The molecule has 2 fully saturated rings. The molecule has 0 radical (unpaired) electrons. The first-order valence-corrected chi connectivity index (χ1v) is 8.02. The summed E-state index contributed by atoms with van der Waals surface area (Å²) < 4.78 is 44.4. The lowest BCUT2D eigenvalue weighted by Crippen LogP contribution is -2.51. The highest BCUT2D eigenvalue weighted by Gasteiger charge is 2.46. The highest BCUT2D eigenvalue weighted by molar-refractivity contribution is 5.83. The summed E-state index contributed by atoms with van der Waals surface area (Å²) in [5.74, 6) is -2.04. The van der Waals surface area contributed by atoms with Gasteiger partial charge in [-0.3, -0.25) is 4.79 Å². The van der Waals surface area contributed by atoms with Crippen molar-refractivity contribution in [2.24, 2.45) is 23.0 Å². The van der Waals surface area contributed by atoms with Crippen LogP contribution in [-0.2, 0) is 9.53 Å². The van der Waals surface area contributed by atoms with Gasteiger partial charge in [0, 0.05) is 26.3 Å². The minimum Gasteiger partial charge on any atom is -0.381 e. The Balaban J connectivity index is 1.94. The molecule has 0 spiro atoms. The molecule has 3 N–H and O–H groups in total. The molecule has 7 heteroatoms. The summed E-state index contributed by atoms with van der Waals surface area (Å²) >= 11 is 0. The average Bonchev–Trinajstić information content (AvgIpc) is 2.52. The van der Waals surface area contributed by atoms with Crippen molar-refractivity contribution in [2.75, 3.05) is 26.3 Å². The van der Waals surface area contributed by atoms with E-state index in [1.165, 1.54) is 0 Å². The molecule has 0 bridgehead atoms. The van der Waals surface area contributed by atoms with Crippen molar-refractivity contribution < 1.29 is 22.7 Å². The summed E-state index contributed by atoms with van der Waals surface area (Å²) in [6.45, 7) is 1.24. The summed E-state index contributed by atoms with van der Waals surface area (Å²) in [7, 11) is 0. The van der Waals surface area contributed by atoms with E-state index < -0.39 is 23.4 Å². The van der Waals surface area contributed by atoms with Crippen LogP contribution in [0.25, 0.3) is 0 Å². The number of rotatable bonds is 4. The van der Waals surface area contributed by atoms with E-state index in [-0.39, 0.29) is 25.4 Å². The molecule has 0 aromatic carbocycles. The number of alkyl halides is 3. The minimum atomic E-state index is -4.18. The summed E-state index contributed by atoms with van der Waals surface area (Å²) in [4.78, 5) is 12.4. The van der Waals surface area contributed by atoms with E-state index in [0.29, 0.717) is 38.9 Å². The summed E-state index contributed by atoms with van der Waals surface area (Å²) in [5, 5.41) is 2.74. The first-order valence-electron chi connectivity index (χ1n) is 8.02. The summed E-state index contributed by atoms with van der Waals surface area (Å²) in [5.41, 5.74) is 5.07. The third-order valence-corrected chi connectivity index (χ3v) is 5.18. The van der Waals surface area contributed by atoms with Gasteiger partial charge in [-0.2, -0.15) is 13.2 Å². The number of halogens is 3. The van der Waals surface area contributed by atoms with Crippen LogP contribution in [0.5, 0.6) is 0 Å². The fourth-order valence-corrected chi connectivity index (χ4v) is 3.58. The third-order valence-electron chi connectivity index (χ3n) is 5.18. The Bertz CT molecular complexity index is 381. The Morgan fingerprint density at radius 2 is 1.86 bits per heavy atom. The molecular weight excluding hydrogens is 297 g/mol. The number of carbonyl (C=O) groups excluding carboxylic acids is 1. The third kappa shape index (κ3) is 3.93. The number of ether oxygens (including phenoxy) is 1. The smallest absolute Gasteiger partial charge is 0.381 e. The van der Waals surface area contributed by atoms with Crippen LogP contribution >= 0.6 is 0 Å². The van der Waals surface area contributed by atoms with Crippen LogP contribution in [0.2, 0.25) is 0 Å². The minimum absolute atomic E-state index is 0.0889. The molecule has 0 aromatic rings. The number of hydrogen-bond donors (Lipinski definition) is 2. The van der Waals surface area contributed by atoms with Gasteiger partial charge in [0.15, 0.2) is 0 Å². The molecule has 4 nitrogen and oxygen atoms in total. The Morgan fingerprint density at radius 3 is 2.45 bits per heavy atom. The fraction of sp³-hybridized carbons (Fsp3) is 0.933. The van der Waals surface area contributed by atoms with Crippen molar-refractivity contribution >= 4 is 5.91 Å². The standard InChI is InChI=1S/C15H25F3N2O2/c16-15(17,18)12-4-2-1-3-11(12)9-20-13(21)14(10-19)5-7-22-8-6-14/h11-12H,1-10,19H2,(H,20,21). The molecule has 1 aliphatic carbocycles. The molecule has 22 heavy (non-hydrogen) atoms. The van der Waals surface area contributed by atoms with Crippen LogP contribution in [-0.4, -0.2) is 38.4 Å². The molecule has 1 aliphatic heterocycles.